The van der Waals surface area contributed by atoms with Crippen LogP contribution < -0.4 is 16.0 Å². The number of halogens is 1. The zero-order chi connectivity index (χ0) is 16.2. The minimum absolute atomic E-state index is 0.0344. The van der Waals surface area contributed by atoms with Crippen LogP contribution in [0.2, 0.25) is 0 Å². The summed E-state index contributed by atoms with van der Waals surface area (Å²) >= 11 is 0. The third kappa shape index (κ3) is 4.27. The van der Waals surface area contributed by atoms with Gasteiger partial charge in [-0.1, -0.05) is 6.92 Å². The standard InChI is InChI=1S/C16H22FN3O2/c1-11(21)20-12-3-4-14(17)13(9-12)15(22)19-10-16(2)5-7-18-8-6-16/h3-4,9,18H,5-8,10H2,1-2H3,(H,19,22)(H,20,21). The van der Waals surface area contributed by atoms with Crippen molar-refractivity contribution in [1.29, 1.82) is 0 Å². The number of hydrogen-bond acceptors (Lipinski definition) is 3. The highest BCUT2D eigenvalue weighted by Gasteiger charge is 2.27. The lowest BCUT2D eigenvalue weighted by Gasteiger charge is -2.34. The van der Waals surface area contributed by atoms with Crippen molar-refractivity contribution >= 4 is 17.5 Å². The summed E-state index contributed by atoms with van der Waals surface area (Å²) in [5.41, 5.74) is 0.392. The molecule has 2 amide bonds. The fourth-order valence-electron chi connectivity index (χ4n) is 2.58. The summed E-state index contributed by atoms with van der Waals surface area (Å²) in [7, 11) is 0. The van der Waals surface area contributed by atoms with Gasteiger partial charge in [0, 0.05) is 19.2 Å². The molecule has 1 aliphatic rings. The molecule has 6 heteroatoms. The number of nitrogens with one attached hydrogen (secondary N) is 3. The van der Waals surface area contributed by atoms with Crippen molar-refractivity contribution in [2.75, 3.05) is 25.0 Å². The van der Waals surface area contributed by atoms with Crippen molar-refractivity contribution in [1.82, 2.24) is 10.6 Å². The van der Waals surface area contributed by atoms with Gasteiger partial charge in [-0.2, -0.15) is 0 Å². The van der Waals surface area contributed by atoms with Gasteiger partial charge in [0.15, 0.2) is 0 Å². The molecule has 0 saturated carbocycles. The van der Waals surface area contributed by atoms with Crippen LogP contribution in [0.4, 0.5) is 10.1 Å². The van der Waals surface area contributed by atoms with E-state index in [1.807, 2.05) is 0 Å². The van der Waals surface area contributed by atoms with Gasteiger partial charge in [0.1, 0.15) is 5.82 Å². The Kier molecular flexibility index (Phi) is 5.13. The molecule has 2 rings (SSSR count). The van der Waals surface area contributed by atoms with Crippen molar-refractivity contribution in [2.24, 2.45) is 5.41 Å². The van der Waals surface area contributed by atoms with E-state index in [0.717, 1.165) is 25.9 Å². The van der Waals surface area contributed by atoms with Crippen molar-refractivity contribution in [3.8, 4) is 0 Å². The van der Waals surface area contributed by atoms with Gasteiger partial charge < -0.3 is 16.0 Å². The SMILES string of the molecule is CC(=O)Nc1ccc(F)c(C(=O)NCC2(C)CCNCC2)c1. The normalized spacial score (nSPS) is 16.9. The largest absolute Gasteiger partial charge is 0.351 e. The third-order valence-corrected chi connectivity index (χ3v) is 4.02. The molecule has 0 aromatic heterocycles. The second-order valence-electron chi connectivity index (χ2n) is 6.12. The van der Waals surface area contributed by atoms with E-state index in [-0.39, 0.29) is 16.9 Å². The Hall–Kier alpha value is -1.95. The van der Waals surface area contributed by atoms with Crippen molar-refractivity contribution in [3.63, 3.8) is 0 Å². The van der Waals surface area contributed by atoms with E-state index in [9.17, 15) is 14.0 Å². The van der Waals surface area contributed by atoms with Gasteiger partial charge in [-0.25, -0.2) is 4.39 Å². The molecule has 1 aliphatic heterocycles. The Balaban J connectivity index is 2.03. The van der Waals surface area contributed by atoms with Gasteiger partial charge in [0.2, 0.25) is 5.91 Å². The molecule has 1 aromatic rings. The molecule has 22 heavy (non-hydrogen) atoms. The summed E-state index contributed by atoms with van der Waals surface area (Å²) in [6, 6.07) is 3.98. The highest BCUT2D eigenvalue weighted by Crippen LogP contribution is 2.27. The minimum atomic E-state index is -0.595. The predicted octanol–water partition coefficient (Wildman–Crippen LogP) is 1.90. The molecule has 0 atom stereocenters. The van der Waals surface area contributed by atoms with Gasteiger partial charge >= 0.3 is 0 Å². The first-order valence-corrected chi connectivity index (χ1v) is 7.46. The smallest absolute Gasteiger partial charge is 0.254 e. The molecule has 3 N–H and O–H groups in total. The van der Waals surface area contributed by atoms with Crippen LogP contribution in [-0.2, 0) is 4.79 Å². The Bertz CT molecular complexity index is 569. The molecule has 0 radical (unpaired) electrons. The van der Waals surface area contributed by atoms with E-state index in [4.69, 9.17) is 0 Å². The van der Waals surface area contributed by atoms with Crippen LogP contribution in [0.5, 0.6) is 0 Å². The van der Waals surface area contributed by atoms with Gasteiger partial charge in [-0.05, 0) is 49.5 Å². The minimum Gasteiger partial charge on any atom is -0.351 e. The Morgan fingerprint density at radius 1 is 1.32 bits per heavy atom. The number of amides is 2. The molecule has 1 fully saturated rings. The Morgan fingerprint density at radius 3 is 2.64 bits per heavy atom. The van der Waals surface area contributed by atoms with E-state index in [1.165, 1.54) is 25.1 Å². The number of piperidine rings is 1. The molecule has 5 nitrogen and oxygen atoms in total. The van der Waals surface area contributed by atoms with Crippen molar-refractivity contribution in [3.05, 3.63) is 29.6 Å². The zero-order valence-corrected chi connectivity index (χ0v) is 13.0. The lowest BCUT2D eigenvalue weighted by Crippen LogP contribution is -2.43. The van der Waals surface area contributed by atoms with Gasteiger partial charge in [-0.15, -0.1) is 0 Å². The second-order valence-corrected chi connectivity index (χ2v) is 6.12. The fraction of sp³-hybridized carbons (Fsp3) is 0.500. The summed E-state index contributed by atoms with van der Waals surface area (Å²) < 4.78 is 13.8. The van der Waals surface area contributed by atoms with Gasteiger partial charge in [-0.3, -0.25) is 9.59 Å². The number of rotatable bonds is 4. The van der Waals surface area contributed by atoms with Crippen molar-refractivity contribution < 1.29 is 14.0 Å². The molecular weight excluding hydrogens is 285 g/mol. The number of hydrogen-bond donors (Lipinski definition) is 3. The average Bonchev–Trinajstić information content (AvgIpc) is 2.47. The van der Waals surface area contributed by atoms with Gasteiger partial charge in [0.25, 0.3) is 5.91 Å². The molecule has 1 aromatic carbocycles. The van der Waals surface area contributed by atoms with E-state index >= 15 is 0 Å². The van der Waals surface area contributed by atoms with E-state index in [1.54, 1.807) is 0 Å². The van der Waals surface area contributed by atoms with Crippen LogP contribution in [0.15, 0.2) is 18.2 Å². The predicted molar refractivity (Wildman–Crippen MR) is 83.2 cm³/mol. The molecular formula is C16H22FN3O2. The Morgan fingerprint density at radius 2 is 2.00 bits per heavy atom. The lowest BCUT2D eigenvalue weighted by molar-refractivity contribution is -0.114. The molecule has 0 aliphatic carbocycles. The quantitative estimate of drug-likeness (QED) is 0.796. The van der Waals surface area contributed by atoms with Crippen LogP contribution in [-0.4, -0.2) is 31.4 Å². The summed E-state index contributed by atoms with van der Waals surface area (Å²) in [5.74, 6) is -1.31. The lowest BCUT2D eigenvalue weighted by atomic mass is 9.81. The number of benzene rings is 1. The number of carbonyl (C=O) groups is 2. The van der Waals surface area contributed by atoms with Crippen LogP contribution in [0.3, 0.4) is 0 Å². The van der Waals surface area contributed by atoms with Gasteiger partial charge in [0.05, 0.1) is 5.56 Å². The third-order valence-electron chi connectivity index (χ3n) is 4.02. The summed E-state index contributed by atoms with van der Waals surface area (Å²) in [6.45, 7) is 5.86. The Labute approximate surface area is 129 Å². The van der Waals surface area contributed by atoms with E-state index in [2.05, 4.69) is 22.9 Å². The monoisotopic (exact) mass is 307 g/mol. The highest BCUT2D eigenvalue weighted by atomic mass is 19.1. The van der Waals surface area contributed by atoms with Crippen LogP contribution in [0.1, 0.15) is 37.0 Å². The molecule has 1 heterocycles. The molecule has 0 spiro atoms. The average molecular weight is 307 g/mol. The second kappa shape index (κ2) is 6.87. The molecule has 120 valence electrons. The maximum atomic E-state index is 13.8. The first-order valence-electron chi connectivity index (χ1n) is 7.46. The maximum Gasteiger partial charge on any atom is 0.254 e. The van der Waals surface area contributed by atoms with Crippen LogP contribution in [0, 0.1) is 11.2 Å². The summed E-state index contributed by atoms with van der Waals surface area (Å²) in [5, 5.41) is 8.64. The first kappa shape index (κ1) is 16.4. The molecule has 1 saturated heterocycles. The van der Waals surface area contributed by atoms with E-state index in [0.29, 0.717) is 12.2 Å². The summed E-state index contributed by atoms with van der Waals surface area (Å²) in [4.78, 5) is 23.3. The zero-order valence-electron chi connectivity index (χ0n) is 13.0. The maximum absolute atomic E-state index is 13.8. The topological polar surface area (TPSA) is 70.2 Å². The van der Waals surface area contributed by atoms with Crippen molar-refractivity contribution in [2.45, 2.75) is 26.7 Å². The first-order chi connectivity index (χ1) is 10.4. The molecule has 0 bridgehead atoms. The van der Waals surface area contributed by atoms with Crippen LogP contribution >= 0.6 is 0 Å². The number of carbonyl (C=O) groups excluding carboxylic acids is 2. The molecule has 0 unspecified atom stereocenters. The van der Waals surface area contributed by atoms with Crippen LogP contribution in [0.25, 0.3) is 0 Å². The number of anilines is 1. The highest BCUT2D eigenvalue weighted by molar-refractivity contribution is 5.97. The fourth-order valence-corrected chi connectivity index (χ4v) is 2.58. The summed E-state index contributed by atoms with van der Waals surface area (Å²) in [6.07, 6.45) is 1.95. The van der Waals surface area contributed by atoms with E-state index < -0.39 is 11.7 Å².